The molecule has 0 fully saturated rings. The van der Waals surface area contributed by atoms with Gasteiger partial charge in [0.15, 0.2) is 12.2 Å². The third-order valence-electron chi connectivity index (χ3n) is 17.6. The smallest absolute Gasteiger partial charge is 0.462 e. The molecule has 0 aliphatic carbocycles. The van der Waals surface area contributed by atoms with Gasteiger partial charge in [0.2, 0.25) is 0 Å². The Labute approximate surface area is 581 Å². The summed E-state index contributed by atoms with van der Waals surface area (Å²) in [5, 5.41) is 10.6. The van der Waals surface area contributed by atoms with Crippen molar-refractivity contribution in [2.24, 2.45) is 23.7 Å². The molecule has 0 spiro atoms. The molecule has 0 bridgehead atoms. The molecule has 0 aromatic rings. The maximum Gasteiger partial charge on any atom is 0.472 e. The van der Waals surface area contributed by atoms with E-state index in [1.54, 1.807) is 0 Å². The lowest BCUT2D eigenvalue weighted by Crippen LogP contribution is -2.30. The molecule has 0 saturated heterocycles. The van der Waals surface area contributed by atoms with Gasteiger partial charge in [-0.05, 0) is 49.4 Å². The van der Waals surface area contributed by atoms with Crippen LogP contribution in [0, 0.1) is 23.7 Å². The molecule has 0 heterocycles. The van der Waals surface area contributed by atoms with E-state index in [0.717, 1.165) is 114 Å². The second-order valence-electron chi connectivity index (χ2n) is 29.3. The molecule has 17 nitrogen and oxygen atoms in total. The van der Waals surface area contributed by atoms with E-state index < -0.39 is 97.5 Å². The minimum absolute atomic E-state index is 0.104. The number of ether oxygens (including phenoxy) is 4. The van der Waals surface area contributed by atoms with E-state index in [1.807, 2.05) is 0 Å². The number of phosphoric ester groups is 2. The Kier molecular flexibility index (Phi) is 64.0. The third kappa shape index (κ3) is 70.3. The van der Waals surface area contributed by atoms with Crippen LogP contribution in [0.3, 0.4) is 0 Å². The van der Waals surface area contributed by atoms with E-state index in [2.05, 4.69) is 55.4 Å². The normalized spacial score (nSPS) is 14.1. The topological polar surface area (TPSA) is 237 Å². The zero-order chi connectivity index (χ0) is 70.3. The summed E-state index contributed by atoms with van der Waals surface area (Å²) in [5.74, 6) is 0.915. The molecule has 95 heavy (non-hydrogen) atoms. The van der Waals surface area contributed by atoms with Crippen molar-refractivity contribution in [3.05, 3.63) is 0 Å². The van der Waals surface area contributed by atoms with Crippen LogP contribution < -0.4 is 0 Å². The average Bonchev–Trinajstić information content (AvgIpc) is 1.59. The Morgan fingerprint density at radius 1 is 0.263 bits per heavy atom. The highest BCUT2D eigenvalue weighted by atomic mass is 31.2. The summed E-state index contributed by atoms with van der Waals surface area (Å²) in [7, 11) is -9.91. The summed E-state index contributed by atoms with van der Waals surface area (Å²) in [5.41, 5.74) is 0. The van der Waals surface area contributed by atoms with E-state index in [0.29, 0.717) is 25.7 Å². The summed E-state index contributed by atoms with van der Waals surface area (Å²) >= 11 is 0. The number of esters is 4. The molecule has 0 amide bonds. The molecule has 0 aromatic heterocycles. The SMILES string of the molecule is CC(C)CCCCCCCCCCCCCCCCCC(=O)O[C@H](COC(=O)CCCCCCCCCCCCCC(C)C)COP(=O)(O)OCC(O)COP(=O)(O)OC[C@@H](COC(=O)CCCCCCCCCCC(C)C)OC(=O)CCCCCCCCCCCC(C)C. The van der Waals surface area contributed by atoms with Crippen LogP contribution >= 0.6 is 15.6 Å². The number of aliphatic hydroxyl groups excluding tert-OH is 1. The summed E-state index contributed by atoms with van der Waals surface area (Å²) < 4.78 is 68.5. The van der Waals surface area contributed by atoms with E-state index in [9.17, 15) is 43.2 Å². The summed E-state index contributed by atoms with van der Waals surface area (Å²) in [6, 6.07) is 0. The number of aliphatic hydroxyl groups is 1. The standard InChI is InChI=1S/C76H148O17P2/c1-66(2)52-44-36-28-20-15-12-10-9-11-13-17-24-34-42-50-58-75(80)92-71(62-86-73(78)56-48-40-32-23-18-14-16-21-29-37-45-53-67(3)4)64-90-94(82,83)88-60-70(77)61-89-95(84,85)91-65-72(63-87-74(79)57-49-41-33-27-26-31-39-47-55-69(7)8)93-76(81)59-51-43-35-25-19-22-30-38-46-54-68(5)6/h66-72,77H,9-65H2,1-8H3,(H,82,83)(H,84,85)/t70?,71-,72-/m1/s1. The summed E-state index contributed by atoms with van der Waals surface area (Å²) in [4.78, 5) is 72.8. The molecule has 564 valence electrons. The number of hydrogen-bond acceptors (Lipinski definition) is 15. The Balaban J connectivity index is 5.25. The first-order valence-electron chi connectivity index (χ1n) is 39.2. The number of unbranched alkanes of at least 4 members (excludes halogenated alkanes) is 39. The van der Waals surface area contributed by atoms with Crippen molar-refractivity contribution in [2.75, 3.05) is 39.6 Å². The third-order valence-corrected chi connectivity index (χ3v) is 19.5. The highest BCUT2D eigenvalue weighted by Gasteiger charge is 2.30. The molecule has 0 rings (SSSR count). The van der Waals surface area contributed by atoms with Crippen molar-refractivity contribution in [1.82, 2.24) is 0 Å². The van der Waals surface area contributed by atoms with Gasteiger partial charge in [-0.2, -0.15) is 0 Å². The van der Waals surface area contributed by atoms with Gasteiger partial charge in [0.05, 0.1) is 26.4 Å². The molecule has 5 atom stereocenters. The van der Waals surface area contributed by atoms with Crippen LogP contribution in [-0.2, 0) is 65.4 Å². The van der Waals surface area contributed by atoms with E-state index in [-0.39, 0.29) is 25.7 Å². The Morgan fingerprint density at radius 3 is 0.653 bits per heavy atom. The van der Waals surface area contributed by atoms with E-state index in [4.69, 9.17) is 37.0 Å². The molecular weight excluding hydrogens is 1250 g/mol. The van der Waals surface area contributed by atoms with E-state index >= 15 is 0 Å². The average molecular weight is 1400 g/mol. The van der Waals surface area contributed by atoms with Crippen molar-refractivity contribution in [3.63, 3.8) is 0 Å². The summed E-state index contributed by atoms with van der Waals surface area (Å²) in [6.45, 7) is 14.2. The van der Waals surface area contributed by atoms with Crippen LogP contribution in [0.25, 0.3) is 0 Å². The van der Waals surface area contributed by atoms with Gasteiger partial charge >= 0.3 is 39.5 Å². The van der Waals surface area contributed by atoms with E-state index in [1.165, 1.54) is 186 Å². The molecule has 3 N–H and O–H groups in total. The molecule has 0 saturated carbocycles. The van der Waals surface area contributed by atoms with Crippen LogP contribution in [-0.4, -0.2) is 96.7 Å². The van der Waals surface area contributed by atoms with Gasteiger partial charge in [0.1, 0.15) is 19.3 Å². The molecule has 0 aromatic carbocycles. The fourth-order valence-corrected chi connectivity index (χ4v) is 13.1. The maximum absolute atomic E-state index is 13.1. The van der Waals surface area contributed by atoms with Crippen LogP contribution in [0.4, 0.5) is 0 Å². The predicted molar refractivity (Wildman–Crippen MR) is 386 cm³/mol. The predicted octanol–water partition coefficient (Wildman–Crippen LogP) is 22.0. The first-order valence-corrected chi connectivity index (χ1v) is 42.2. The first-order chi connectivity index (χ1) is 45.6. The second-order valence-corrected chi connectivity index (χ2v) is 32.2. The highest BCUT2D eigenvalue weighted by Crippen LogP contribution is 2.45. The maximum atomic E-state index is 13.1. The van der Waals surface area contributed by atoms with Gasteiger partial charge in [-0.3, -0.25) is 37.3 Å². The lowest BCUT2D eigenvalue weighted by atomic mass is 10.0. The molecule has 0 aliphatic rings. The van der Waals surface area contributed by atoms with Crippen molar-refractivity contribution in [3.8, 4) is 0 Å². The number of hydrogen-bond donors (Lipinski definition) is 3. The van der Waals surface area contributed by atoms with Gasteiger partial charge in [0, 0.05) is 25.7 Å². The Hall–Kier alpha value is -1.94. The van der Waals surface area contributed by atoms with Crippen LogP contribution in [0.2, 0.25) is 0 Å². The number of rotatable bonds is 73. The molecular formula is C76H148O17P2. The van der Waals surface area contributed by atoms with Crippen LogP contribution in [0.1, 0.15) is 383 Å². The van der Waals surface area contributed by atoms with Crippen LogP contribution in [0.5, 0.6) is 0 Å². The lowest BCUT2D eigenvalue weighted by Gasteiger charge is -2.21. The first kappa shape index (κ1) is 93.1. The molecule has 3 unspecified atom stereocenters. The Bertz CT molecular complexity index is 1870. The molecule has 0 aliphatic heterocycles. The highest BCUT2D eigenvalue weighted by molar-refractivity contribution is 7.47. The lowest BCUT2D eigenvalue weighted by molar-refractivity contribution is -0.161. The van der Waals surface area contributed by atoms with Gasteiger partial charge in [0.25, 0.3) is 0 Å². The monoisotopic (exact) mass is 1400 g/mol. The van der Waals surface area contributed by atoms with Gasteiger partial charge < -0.3 is 33.8 Å². The molecule has 0 radical (unpaired) electrons. The van der Waals surface area contributed by atoms with Gasteiger partial charge in [-0.1, -0.05) is 331 Å². The Morgan fingerprint density at radius 2 is 0.442 bits per heavy atom. The zero-order valence-corrected chi connectivity index (χ0v) is 64.1. The number of carbonyl (C=O) groups is 4. The van der Waals surface area contributed by atoms with Gasteiger partial charge in [-0.15, -0.1) is 0 Å². The van der Waals surface area contributed by atoms with Crippen molar-refractivity contribution in [1.29, 1.82) is 0 Å². The quantitative estimate of drug-likeness (QED) is 0.0222. The summed E-state index contributed by atoms with van der Waals surface area (Å²) in [6.07, 6.45) is 50.0. The second kappa shape index (κ2) is 65.4. The number of carbonyl (C=O) groups excluding carboxylic acids is 4. The minimum atomic E-state index is -4.96. The van der Waals surface area contributed by atoms with Crippen molar-refractivity contribution < 1.29 is 80.2 Å². The largest absolute Gasteiger partial charge is 0.472 e. The zero-order valence-electron chi connectivity index (χ0n) is 62.3. The fourth-order valence-electron chi connectivity index (χ4n) is 11.6. The number of phosphoric acid groups is 2. The van der Waals surface area contributed by atoms with Crippen LogP contribution in [0.15, 0.2) is 0 Å². The van der Waals surface area contributed by atoms with Crippen molar-refractivity contribution in [2.45, 2.75) is 401 Å². The van der Waals surface area contributed by atoms with Crippen molar-refractivity contribution >= 4 is 39.5 Å². The minimum Gasteiger partial charge on any atom is -0.462 e. The van der Waals surface area contributed by atoms with Gasteiger partial charge in [-0.25, -0.2) is 9.13 Å². The molecule has 19 heteroatoms. The fraction of sp³-hybridized carbons (Fsp3) is 0.947.